The number of methoxy groups -OCH3 is 1. The number of thiophene rings is 1. The summed E-state index contributed by atoms with van der Waals surface area (Å²) in [5.74, 6) is 0.0568. The van der Waals surface area contributed by atoms with Crippen molar-refractivity contribution in [2.24, 2.45) is 4.99 Å². The number of halogens is 1. The van der Waals surface area contributed by atoms with E-state index >= 15 is 0 Å². The highest BCUT2D eigenvalue weighted by Gasteiger charge is 2.35. The molecule has 1 aliphatic heterocycles. The van der Waals surface area contributed by atoms with E-state index in [2.05, 4.69) is 15.9 Å². The van der Waals surface area contributed by atoms with Gasteiger partial charge >= 0.3 is 11.9 Å². The van der Waals surface area contributed by atoms with Crippen molar-refractivity contribution in [1.82, 2.24) is 4.57 Å². The smallest absolute Gasteiger partial charge is 0.338 e. The van der Waals surface area contributed by atoms with Gasteiger partial charge in [0, 0.05) is 10.4 Å². The Morgan fingerprint density at radius 3 is 2.37 bits per heavy atom. The molecule has 0 spiro atoms. The molecule has 3 heterocycles. The van der Waals surface area contributed by atoms with E-state index in [9.17, 15) is 14.4 Å². The van der Waals surface area contributed by atoms with Crippen LogP contribution in [0.2, 0.25) is 0 Å². The molecule has 0 unspecified atom stereocenters. The zero-order chi connectivity index (χ0) is 34.5. The average Bonchev–Trinajstić information content (AvgIpc) is 3.76. The Bertz CT molecular complexity index is 2210. The molecule has 0 saturated carbocycles. The fourth-order valence-electron chi connectivity index (χ4n) is 5.38. The second-order valence-electron chi connectivity index (χ2n) is 10.7. The highest BCUT2D eigenvalue weighted by molar-refractivity contribution is 9.10. The van der Waals surface area contributed by atoms with Gasteiger partial charge in [-0.25, -0.2) is 14.6 Å². The number of benzene rings is 3. The highest BCUT2D eigenvalue weighted by Crippen LogP contribution is 2.38. The molecule has 3 aromatic carbocycles. The maximum atomic E-state index is 14.2. The lowest BCUT2D eigenvalue weighted by Gasteiger charge is -2.24. The fourth-order valence-corrected chi connectivity index (χ4v) is 7.78. The Hall–Kier alpha value is -4.78. The summed E-state index contributed by atoms with van der Waals surface area (Å²) in [6.07, 6.45) is 1.77. The van der Waals surface area contributed by atoms with Crippen molar-refractivity contribution in [3.05, 3.63) is 141 Å². The third kappa shape index (κ3) is 7.17. The monoisotopic (exact) mass is 758 g/mol. The molecule has 0 fully saturated rings. The van der Waals surface area contributed by atoms with Gasteiger partial charge in [-0.2, -0.15) is 0 Å². The van der Waals surface area contributed by atoms with Gasteiger partial charge in [0.1, 0.15) is 12.6 Å². The van der Waals surface area contributed by atoms with Gasteiger partial charge in [0.15, 0.2) is 16.3 Å². The first kappa shape index (κ1) is 34.1. The number of thiazole rings is 1. The Morgan fingerprint density at radius 1 is 0.959 bits per heavy atom. The second-order valence-corrected chi connectivity index (χ2v) is 13.5. The number of ether oxygens (including phenoxy) is 4. The topological polar surface area (TPSA) is 105 Å². The predicted octanol–water partition coefficient (Wildman–Crippen LogP) is 6.52. The number of carbonyl (C=O) groups excluding carboxylic acids is 2. The van der Waals surface area contributed by atoms with Crippen LogP contribution in [-0.4, -0.2) is 36.8 Å². The van der Waals surface area contributed by atoms with Gasteiger partial charge < -0.3 is 18.9 Å². The lowest BCUT2D eigenvalue weighted by Crippen LogP contribution is -2.39. The van der Waals surface area contributed by atoms with E-state index in [0.29, 0.717) is 54.3 Å². The number of nitrogens with zero attached hydrogens (tertiary/aromatic N) is 2. The standard InChI is InChI=1S/C37H31BrN2O7S2/c1-4-45-35(42)25-15-13-22(14-16-25)21-47-33-26(38)18-23(19-27(33)44-3)20-29-34(41)40-32(28-12-9-17-48-28)30(36(43)46-5-2)31(39-37(40)49-29)24-10-7-6-8-11-24/h6-20,32H,4-5,21H2,1-3H3/b29-20-/t32-/m1/s1. The summed E-state index contributed by atoms with van der Waals surface area (Å²) in [6.45, 7) is 4.24. The summed E-state index contributed by atoms with van der Waals surface area (Å²) in [5, 5.41) is 1.92. The van der Waals surface area contributed by atoms with Gasteiger partial charge in [0.2, 0.25) is 0 Å². The van der Waals surface area contributed by atoms with Gasteiger partial charge in [0.25, 0.3) is 5.56 Å². The fraction of sp³-hybridized carbons (Fsp3) is 0.189. The molecule has 1 aliphatic rings. The first-order valence-electron chi connectivity index (χ1n) is 15.4. The molecule has 0 aliphatic carbocycles. The molecule has 6 rings (SSSR count). The van der Waals surface area contributed by atoms with E-state index in [-0.39, 0.29) is 24.7 Å². The molecule has 0 saturated heterocycles. The molecular formula is C37H31BrN2O7S2. The van der Waals surface area contributed by atoms with Crippen LogP contribution in [-0.2, 0) is 20.9 Å². The average molecular weight is 760 g/mol. The van der Waals surface area contributed by atoms with Crippen molar-refractivity contribution in [2.75, 3.05) is 20.3 Å². The molecule has 5 aromatic rings. The molecular weight excluding hydrogens is 728 g/mol. The van der Waals surface area contributed by atoms with Crippen LogP contribution in [0.15, 0.2) is 104 Å². The third-order valence-electron chi connectivity index (χ3n) is 7.58. The summed E-state index contributed by atoms with van der Waals surface area (Å²) in [7, 11) is 1.55. The van der Waals surface area contributed by atoms with Crippen LogP contribution in [0.4, 0.5) is 0 Å². The molecule has 1 atom stereocenters. The molecule has 0 radical (unpaired) electrons. The normalized spacial score (nSPS) is 14.2. The number of esters is 2. The highest BCUT2D eigenvalue weighted by atomic mass is 79.9. The molecule has 9 nitrogen and oxygen atoms in total. The zero-order valence-electron chi connectivity index (χ0n) is 26.8. The summed E-state index contributed by atoms with van der Waals surface area (Å²) in [6, 6.07) is 23.2. The first-order chi connectivity index (χ1) is 23.8. The lowest BCUT2D eigenvalue weighted by molar-refractivity contribution is -0.138. The van der Waals surface area contributed by atoms with Gasteiger partial charge in [-0.3, -0.25) is 9.36 Å². The van der Waals surface area contributed by atoms with Crippen LogP contribution >= 0.6 is 38.6 Å². The maximum Gasteiger partial charge on any atom is 0.338 e. The van der Waals surface area contributed by atoms with Crippen molar-refractivity contribution < 1.29 is 28.5 Å². The Balaban J connectivity index is 1.38. The molecule has 0 N–H and O–H groups in total. The maximum absolute atomic E-state index is 14.2. The Labute approximate surface area is 298 Å². The minimum absolute atomic E-state index is 0.185. The van der Waals surface area contributed by atoms with Crippen molar-refractivity contribution in [3.63, 3.8) is 0 Å². The molecule has 49 heavy (non-hydrogen) atoms. The number of hydrogen-bond acceptors (Lipinski definition) is 10. The number of carbonyl (C=O) groups is 2. The Kier molecular flexibility index (Phi) is 10.6. The number of aromatic nitrogens is 1. The van der Waals surface area contributed by atoms with Gasteiger partial charge in [-0.15, -0.1) is 11.3 Å². The Morgan fingerprint density at radius 2 is 1.69 bits per heavy atom. The van der Waals surface area contributed by atoms with E-state index in [4.69, 9.17) is 23.9 Å². The van der Waals surface area contributed by atoms with Crippen LogP contribution in [0.25, 0.3) is 11.8 Å². The quantitative estimate of drug-likeness (QED) is 0.141. The van der Waals surface area contributed by atoms with Crippen molar-refractivity contribution >= 4 is 62.3 Å². The van der Waals surface area contributed by atoms with Crippen LogP contribution in [0, 0.1) is 0 Å². The van der Waals surface area contributed by atoms with Gasteiger partial charge in [-0.1, -0.05) is 59.9 Å². The SMILES string of the molecule is CCOC(=O)C1=C(c2ccccc2)N=c2s/c(=C\c3cc(Br)c(OCc4ccc(C(=O)OCC)cc4)c(OC)c3)c(=O)n2[C@@H]1c1cccs1. The summed E-state index contributed by atoms with van der Waals surface area (Å²) >= 11 is 6.32. The zero-order valence-corrected chi connectivity index (χ0v) is 30.0. The van der Waals surface area contributed by atoms with E-state index in [1.807, 2.05) is 53.9 Å². The first-order valence-corrected chi connectivity index (χ1v) is 17.9. The van der Waals surface area contributed by atoms with Gasteiger partial charge in [0.05, 0.1) is 46.2 Å². The summed E-state index contributed by atoms with van der Waals surface area (Å²) in [4.78, 5) is 45.9. The molecule has 2 aromatic heterocycles. The molecule has 0 amide bonds. The minimum atomic E-state index is -0.712. The summed E-state index contributed by atoms with van der Waals surface area (Å²) < 4.78 is 25.0. The van der Waals surface area contributed by atoms with E-state index in [0.717, 1.165) is 16.0 Å². The van der Waals surface area contributed by atoms with Crippen LogP contribution < -0.4 is 24.4 Å². The van der Waals surface area contributed by atoms with E-state index in [1.165, 1.54) is 22.7 Å². The molecule has 12 heteroatoms. The van der Waals surface area contributed by atoms with Crippen LogP contribution in [0.5, 0.6) is 11.5 Å². The molecule has 0 bridgehead atoms. The van der Waals surface area contributed by atoms with E-state index < -0.39 is 12.0 Å². The number of fused-ring (bicyclic) bond motifs is 1. The van der Waals surface area contributed by atoms with Crippen molar-refractivity contribution in [2.45, 2.75) is 26.5 Å². The lowest BCUT2D eigenvalue weighted by atomic mass is 9.97. The van der Waals surface area contributed by atoms with Crippen molar-refractivity contribution in [3.8, 4) is 11.5 Å². The number of hydrogen-bond donors (Lipinski definition) is 0. The van der Waals surface area contributed by atoms with Crippen LogP contribution in [0.1, 0.15) is 51.8 Å². The van der Waals surface area contributed by atoms with Crippen molar-refractivity contribution in [1.29, 1.82) is 0 Å². The molecule has 250 valence electrons. The van der Waals surface area contributed by atoms with Gasteiger partial charge in [-0.05, 0) is 82.7 Å². The van der Waals surface area contributed by atoms with E-state index in [1.54, 1.807) is 61.9 Å². The largest absolute Gasteiger partial charge is 0.493 e. The minimum Gasteiger partial charge on any atom is -0.493 e. The number of rotatable bonds is 11. The summed E-state index contributed by atoms with van der Waals surface area (Å²) in [5.41, 5.74) is 3.28. The second kappa shape index (κ2) is 15.2. The van der Waals surface area contributed by atoms with Crippen LogP contribution in [0.3, 0.4) is 0 Å². The third-order valence-corrected chi connectivity index (χ3v) is 10.1. The predicted molar refractivity (Wildman–Crippen MR) is 193 cm³/mol.